The molecule has 0 aliphatic carbocycles. The lowest BCUT2D eigenvalue weighted by Crippen LogP contribution is -2.22. The predicted octanol–water partition coefficient (Wildman–Crippen LogP) is 1.55. The van der Waals surface area contributed by atoms with Crippen LogP contribution in [0, 0.1) is 21.7 Å². The van der Waals surface area contributed by atoms with Crippen LogP contribution in [0.2, 0.25) is 0 Å². The van der Waals surface area contributed by atoms with Gasteiger partial charge in [0.05, 0.1) is 16.6 Å². The van der Waals surface area contributed by atoms with E-state index in [-0.39, 0.29) is 10.9 Å². The van der Waals surface area contributed by atoms with E-state index in [1.165, 1.54) is 6.92 Å². The first-order valence-corrected chi connectivity index (χ1v) is 6.35. The van der Waals surface area contributed by atoms with Crippen LogP contribution in [0.3, 0.4) is 0 Å². The van der Waals surface area contributed by atoms with Crippen molar-refractivity contribution in [1.29, 1.82) is 0 Å². The highest BCUT2D eigenvalue weighted by molar-refractivity contribution is 8.13. The Morgan fingerprint density at radius 1 is 1.45 bits per heavy atom. The Morgan fingerprint density at radius 2 is 2.05 bits per heavy atom. The molecular weight excluding hydrogens is 296 g/mol. The Kier molecular flexibility index (Phi) is 5.54. The zero-order valence-corrected chi connectivity index (χ0v) is 11.1. The third-order valence-electron chi connectivity index (χ3n) is 2.38. The highest BCUT2D eigenvalue weighted by Crippen LogP contribution is 2.31. The number of rotatable bonds is 5. The first-order chi connectivity index (χ1) is 9.23. The van der Waals surface area contributed by atoms with Crippen LogP contribution >= 0.6 is 11.8 Å². The van der Waals surface area contributed by atoms with Crippen LogP contribution in [0.15, 0.2) is 12.1 Å². The Labute approximate surface area is 116 Å². The summed E-state index contributed by atoms with van der Waals surface area (Å²) < 4.78 is 26.5. The average molecular weight is 307 g/mol. The number of halogens is 2. The molecule has 6 nitrogen and oxygen atoms in total. The molecule has 2 N–H and O–H groups in total. The summed E-state index contributed by atoms with van der Waals surface area (Å²) in [6.45, 7) is 1.23. The van der Waals surface area contributed by atoms with Gasteiger partial charge in [0, 0.05) is 18.7 Å². The monoisotopic (exact) mass is 307 g/mol. The maximum Gasteiger partial charge on any atom is 0.310 e. The summed E-state index contributed by atoms with van der Waals surface area (Å²) in [6, 6.07) is 0.887. The van der Waals surface area contributed by atoms with Gasteiger partial charge < -0.3 is 10.2 Å². The first-order valence-electron chi connectivity index (χ1n) is 5.36. The number of nitro benzene ring substituents is 1. The van der Waals surface area contributed by atoms with Crippen LogP contribution in [-0.4, -0.2) is 32.1 Å². The van der Waals surface area contributed by atoms with E-state index in [2.05, 4.69) is 0 Å². The van der Waals surface area contributed by atoms with Crippen molar-refractivity contribution >= 4 is 22.6 Å². The molecule has 1 aromatic rings. The van der Waals surface area contributed by atoms with Gasteiger partial charge >= 0.3 is 5.69 Å². The molecule has 0 radical (unpaired) electrons. The zero-order valence-electron chi connectivity index (χ0n) is 10.2. The van der Waals surface area contributed by atoms with E-state index in [9.17, 15) is 33.9 Å². The minimum atomic E-state index is -1.88. The lowest BCUT2D eigenvalue weighted by molar-refractivity contribution is -0.389. The Hall–Kier alpha value is -1.58. The van der Waals surface area contributed by atoms with Crippen LogP contribution in [0.5, 0.6) is 0 Å². The average Bonchev–Trinajstić information content (AvgIpc) is 2.33. The number of hydrogen-bond donors (Lipinski definition) is 2. The molecule has 0 saturated heterocycles. The molecule has 9 heteroatoms. The van der Waals surface area contributed by atoms with Gasteiger partial charge in [0.15, 0.2) is 5.12 Å². The smallest absolute Gasteiger partial charge is 0.310 e. The molecule has 0 bridgehead atoms. The normalized spacial score (nSPS) is 13.8. The summed E-state index contributed by atoms with van der Waals surface area (Å²) in [5.41, 5.74) is -1.78. The van der Waals surface area contributed by atoms with Gasteiger partial charge in [-0.1, -0.05) is 11.8 Å². The molecule has 0 amide bonds. The third-order valence-corrected chi connectivity index (χ3v) is 3.30. The van der Waals surface area contributed by atoms with E-state index >= 15 is 0 Å². The Balaban J connectivity index is 3.11. The van der Waals surface area contributed by atoms with Crippen molar-refractivity contribution < 1.29 is 28.7 Å². The van der Waals surface area contributed by atoms with Gasteiger partial charge in [-0.25, -0.2) is 4.39 Å². The number of hydrogen-bond acceptors (Lipinski definition) is 6. The van der Waals surface area contributed by atoms with Crippen molar-refractivity contribution in [2.75, 3.05) is 5.75 Å². The summed E-state index contributed by atoms with van der Waals surface area (Å²) >= 11 is 0.679. The quantitative estimate of drug-likeness (QED) is 0.632. The lowest BCUT2D eigenvalue weighted by Gasteiger charge is -2.17. The van der Waals surface area contributed by atoms with Gasteiger partial charge in [-0.15, -0.1) is 0 Å². The minimum absolute atomic E-state index is 0.258. The van der Waals surface area contributed by atoms with E-state index < -0.39 is 40.0 Å². The van der Waals surface area contributed by atoms with E-state index in [1.807, 2.05) is 0 Å². The molecule has 0 heterocycles. The van der Waals surface area contributed by atoms with Crippen molar-refractivity contribution in [2.24, 2.45) is 0 Å². The van der Waals surface area contributed by atoms with Gasteiger partial charge in [-0.3, -0.25) is 14.9 Å². The highest BCUT2D eigenvalue weighted by atomic mass is 32.2. The summed E-state index contributed by atoms with van der Waals surface area (Å²) in [7, 11) is 0. The lowest BCUT2D eigenvalue weighted by atomic mass is 10.0. The topological polar surface area (TPSA) is 101 Å². The molecule has 2 atom stereocenters. The van der Waals surface area contributed by atoms with Crippen LogP contribution in [0.25, 0.3) is 0 Å². The second-order valence-electron chi connectivity index (χ2n) is 3.90. The van der Waals surface area contributed by atoms with Crippen LogP contribution in [0.1, 0.15) is 18.6 Å². The summed E-state index contributed by atoms with van der Waals surface area (Å²) in [5.74, 6) is -2.82. The van der Waals surface area contributed by atoms with Crippen LogP contribution in [0.4, 0.5) is 14.5 Å². The fourth-order valence-electron chi connectivity index (χ4n) is 1.51. The minimum Gasteiger partial charge on any atom is -0.389 e. The van der Waals surface area contributed by atoms with Crippen molar-refractivity contribution in [2.45, 2.75) is 19.1 Å². The number of nitrogens with zero attached hydrogens (tertiary/aromatic N) is 1. The summed E-state index contributed by atoms with van der Waals surface area (Å²) in [4.78, 5) is 20.4. The van der Waals surface area contributed by atoms with Crippen molar-refractivity contribution in [1.82, 2.24) is 0 Å². The van der Waals surface area contributed by atoms with Gasteiger partial charge in [0.2, 0.25) is 5.82 Å². The maximum atomic E-state index is 13.4. The number of aliphatic hydroxyl groups excluding tert-OH is 2. The molecule has 0 spiro atoms. The number of aliphatic hydroxyl groups is 2. The molecule has 0 fully saturated rings. The number of thioether (sulfide) groups is 1. The highest BCUT2D eigenvalue weighted by Gasteiger charge is 2.30. The SMILES string of the molecule is CC(=O)SCC(O)C(O)c1cc(F)cc(F)c1[N+](=O)[O-]. The second-order valence-corrected chi connectivity index (χ2v) is 5.09. The van der Waals surface area contributed by atoms with E-state index in [1.54, 1.807) is 0 Å². The molecule has 2 unspecified atom stereocenters. The standard InChI is InChI=1S/C11H11F2NO5S/c1-5(15)20-4-9(16)11(17)7-2-6(12)3-8(13)10(7)14(18)19/h2-3,9,11,16-17H,4H2,1H3. The Morgan fingerprint density at radius 3 is 2.55 bits per heavy atom. The van der Waals surface area contributed by atoms with Crippen LogP contribution < -0.4 is 0 Å². The maximum absolute atomic E-state index is 13.4. The Bertz CT molecular complexity index is 540. The zero-order chi connectivity index (χ0) is 15.4. The second kappa shape index (κ2) is 6.73. The molecule has 0 saturated carbocycles. The summed E-state index contributed by atoms with van der Waals surface area (Å²) in [5, 5.41) is 29.8. The molecule has 20 heavy (non-hydrogen) atoms. The van der Waals surface area contributed by atoms with Crippen molar-refractivity contribution in [3.63, 3.8) is 0 Å². The van der Waals surface area contributed by atoms with Crippen LogP contribution in [-0.2, 0) is 4.79 Å². The summed E-state index contributed by atoms with van der Waals surface area (Å²) in [6.07, 6.45) is -3.46. The number of nitro groups is 1. The van der Waals surface area contributed by atoms with Gasteiger partial charge in [0.25, 0.3) is 0 Å². The van der Waals surface area contributed by atoms with Crippen molar-refractivity contribution in [3.8, 4) is 0 Å². The van der Waals surface area contributed by atoms with Gasteiger partial charge in [-0.2, -0.15) is 4.39 Å². The molecule has 0 aromatic heterocycles. The largest absolute Gasteiger partial charge is 0.389 e. The van der Waals surface area contributed by atoms with Gasteiger partial charge in [0.1, 0.15) is 11.9 Å². The number of benzene rings is 1. The van der Waals surface area contributed by atoms with E-state index in [4.69, 9.17) is 0 Å². The van der Waals surface area contributed by atoms with Gasteiger partial charge in [-0.05, 0) is 6.07 Å². The predicted molar refractivity (Wildman–Crippen MR) is 67.1 cm³/mol. The third kappa shape index (κ3) is 3.95. The molecular formula is C11H11F2NO5S. The number of carbonyl (C=O) groups is 1. The fraction of sp³-hybridized carbons (Fsp3) is 0.364. The molecule has 110 valence electrons. The number of carbonyl (C=O) groups excluding carboxylic acids is 1. The fourth-order valence-corrected chi connectivity index (χ4v) is 2.09. The van der Waals surface area contributed by atoms with E-state index in [0.717, 1.165) is 0 Å². The molecule has 1 aromatic carbocycles. The molecule has 0 aliphatic heterocycles. The first kappa shape index (κ1) is 16.5. The molecule has 1 rings (SSSR count). The van der Waals surface area contributed by atoms with E-state index in [0.29, 0.717) is 23.9 Å². The van der Waals surface area contributed by atoms with Crippen molar-refractivity contribution in [3.05, 3.63) is 39.4 Å². The molecule has 0 aliphatic rings.